The Kier molecular flexibility index (Phi) is 7.78. The Balaban J connectivity index is 1.19. The lowest BCUT2D eigenvalue weighted by Crippen LogP contribution is -2.37. The van der Waals surface area contributed by atoms with Gasteiger partial charge >= 0.3 is 5.97 Å². The first kappa shape index (κ1) is 29.3. The molecule has 1 saturated heterocycles. The second kappa shape index (κ2) is 12.2. The molecule has 2 heterocycles. The van der Waals surface area contributed by atoms with E-state index in [0.29, 0.717) is 30.0 Å². The second-order valence-electron chi connectivity index (χ2n) is 11.6. The van der Waals surface area contributed by atoms with Gasteiger partial charge in [-0.2, -0.15) is 0 Å². The number of fused-ring (bicyclic) bond motifs is 3. The van der Waals surface area contributed by atoms with Gasteiger partial charge in [-0.05, 0) is 77.2 Å². The molecule has 0 unspecified atom stereocenters. The first-order valence-corrected chi connectivity index (χ1v) is 15.2. The molecule has 3 N–H and O–H groups in total. The normalized spacial score (nSPS) is 20.7. The van der Waals surface area contributed by atoms with Crippen molar-refractivity contribution in [2.45, 2.75) is 24.8 Å². The Hall–Kier alpha value is -5.38. The molecule has 4 aromatic carbocycles. The number of ether oxygens (including phenoxy) is 5. The minimum absolute atomic E-state index is 0.0557. The first-order chi connectivity index (χ1) is 22.4. The van der Waals surface area contributed by atoms with Crippen molar-refractivity contribution in [3.63, 3.8) is 0 Å². The summed E-state index contributed by atoms with van der Waals surface area (Å²) in [5, 5.41) is 17.2. The van der Waals surface area contributed by atoms with Gasteiger partial charge in [0.15, 0.2) is 23.0 Å². The number of amides is 1. The van der Waals surface area contributed by atoms with Crippen LogP contribution >= 0.6 is 0 Å². The van der Waals surface area contributed by atoms with Crippen LogP contribution < -0.4 is 29.6 Å². The third-order valence-corrected chi connectivity index (χ3v) is 9.02. The summed E-state index contributed by atoms with van der Waals surface area (Å²) in [5.74, 6) is 0.0419. The molecule has 10 nitrogen and oxygen atoms in total. The third-order valence-electron chi connectivity index (χ3n) is 9.02. The number of nitrogens with one attached hydrogen (secondary N) is 2. The predicted molar refractivity (Wildman–Crippen MR) is 170 cm³/mol. The average molecular weight is 623 g/mol. The summed E-state index contributed by atoms with van der Waals surface area (Å²) < 4.78 is 28.1. The van der Waals surface area contributed by atoms with E-state index < -0.39 is 11.8 Å². The summed E-state index contributed by atoms with van der Waals surface area (Å²) in [6.45, 7) is 0.336. The van der Waals surface area contributed by atoms with Gasteiger partial charge in [0.1, 0.15) is 0 Å². The van der Waals surface area contributed by atoms with Crippen LogP contribution in [0.1, 0.15) is 40.6 Å². The Labute approximate surface area is 266 Å². The number of esters is 1. The highest BCUT2D eigenvalue weighted by Gasteiger charge is 2.52. The Morgan fingerprint density at radius 3 is 2.20 bits per heavy atom. The van der Waals surface area contributed by atoms with Gasteiger partial charge in [-0.25, -0.2) is 0 Å². The molecule has 0 aromatic heterocycles. The topological polar surface area (TPSA) is 125 Å². The highest BCUT2D eigenvalue weighted by Crippen LogP contribution is 2.56. The van der Waals surface area contributed by atoms with E-state index >= 15 is 0 Å². The minimum Gasteiger partial charge on any atom is -0.502 e. The van der Waals surface area contributed by atoms with Crippen LogP contribution in [0.2, 0.25) is 0 Å². The monoisotopic (exact) mass is 622 g/mol. The van der Waals surface area contributed by atoms with Crippen molar-refractivity contribution in [3.8, 4) is 28.7 Å². The van der Waals surface area contributed by atoms with Crippen LogP contribution in [0.25, 0.3) is 0 Å². The van der Waals surface area contributed by atoms with Crippen LogP contribution in [0.15, 0.2) is 78.9 Å². The van der Waals surface area contributed by atoms with Gasteiger partial charge in [0.05, 0.1) is 32.8 Å². The molecule has 0 saturated carbocycles. The van der Waals surface area contributed by atoms with E-state index in [1.54, 1.807) is 12.1 Å². The molecule has 0 radical (unpaired) electrons. The number of carbonyl (C=O) groups excluding carboxylic acids is 2. The van der Waals surface area contributed by atoms with Crippen molar-refractivity contribution in [2.24, 2.45) is 11.8 Å². The number of cyclic esters (lactones) is 1. The molecule has 7 rings (SSSR count). The molecular weight excluding hydrogens is 588 g/mol. The van der Waals surface area contributed by atoms with E-state index in [1.165, 1.54) is 14.2 Å². The fraction of sp³-hybridized carbons (Fsp3) is 0.278. The maximum atomic E-state index is 13.4. The van der Waals surface area contributed by atoms with E-state index in [0.717, 1.165) is 27.9 Å². The van der Waals surface area contributed by atoms with Gasteiger partial charge in [0.2, 0.25) is 18.4 Å². The highest BCUT2D eigenvalue weighted by atomic mass is 16.7. The summed E-state index contributed by atoms with van der Waals surface area (Å²) in [6.07, 6.45) is 1.05. The Bertz CT molecular complexity index is 1750. The Morgan fingerprint density at radius 1 is 0.870 bits per heavy atom. The van der Waals surface area contributed by atoms with Crippen LogP contribution in [-0.2, 0) is 20.7 Å². The molecule has 4 atom stereocenters. The van der Waals surface area contributed by atoms with Gasteiger partial charge < -0.3 is 39.4 Å². The van der Waals surface area contributed by atoms with Gasteiger partial charge in [-0.15, -0.1) is 0 Å². The number of phenolic OH excluding ortho intramolecular Hbond substituents is 1. The molecular formula is C36H34N2O8. The molecule has 46 heavy (non-hydrogen) atoms. The number of aromatic hydroxyl groups is 1. The van der Waals surface area contributed by atoms with Crippen LogP contribution in [0.3, 0.4) is 0 Å². The van der Waals surface area contributed by atoms with Crippen LogP contribution in [-0.4, -0.2) is 44.6 Å². The van der Waals surface area contributed by atoms with Gasteiger partial charge in [0, 0.05) is 29.6 Å². The molecule has 1 aliphatic carbocycles. The van der Waals surface area contributed by atoms with Crippen LogP contribution in [0, 0.1) is 11.8 Å². The second-order valence-corrected chi connectivity index (χ2v) is 11.6. The van der Waals surface area contributed by atoms with Crippen LogP contribution in [0.4, 0.5) is 11.4 Å². The molecule has 236 valence electrons. The van der Waals surface area contributed by atoms with Crippen molar-refractivity contribution in [2.75, 3.05) is 38.3 Å². The highest BCUT2D eigenvalue weighted by molar-refractivity contribution is 5.91. The molecule has 0 bridgehead atoms. The largest absolute Gasteiger partial charge is 0.502 e. The summed E-state index contributed by atoms with van der Waals surface area (Å²) >= 11 is 0. The Morgan fingerprint density at radius 2 is 1.52 bits per heavy atom. The van der Waals surface area contributed by atoms with Crippen LogP contribution in [0.5, 0.6) is 28.7 Å². The minimum atomic E-state index is -0.535. The predicted octanol–water partition coefficient (Wildman–Crippen LogP) is 5.80. The van der Waals surface area contributed by atoms with Crippen molar-refractivity contribution < 1.29 is 38.4 Å². The van der Waals surface area contributed by atoms with E-state index in [-0.39, 0.29) is 54.5 Å². The summed E-state index contributed by atoms with van der Waals surface area (Å²) in [6, 6.07) is 24.5. The number of rotatable bonds is 9. The van der Waals surface area contributed by atoms with Gasteiger partial charge in [-0.1, -0.05) is 30.3 Å². The molecule has 4 aromatic rings. The standard InChI is InChI=1S/C36H34N2O8/c1-42-29-14-21(15-30(43-2)35(29)40)32-24-16-27-28(46-19-45-27)17-25(24)34(26-18-44-36(41)33(26)32)38-23-11-9-22(10-12-23)37-31(39)13-8-20-6-4-3-5-7-20/h3-7,9-12,14-17,26,32-34,38,40H,8,13,18-19H2,1-2H3,(H,37,39)/t26-,32+,33-,34+/m0/s1. The number of methoxy groups -OCH3 is 2. The number of hydrogen-bond donors (Lipinski definition) is 3. The zero-order chi connectivity index (χ0) is 31.8. The number of carbonyl (C=O) groups is 2. The summed E-state index contributed by atoms with van der Waals surface area (Å²) in [7, 11) is 2.94. The maximum Gasteiger partial charge on any atom is 0.310 e. The van der Waals surface area contributed by atoms with E-state index in [9.17, 15) is 14.7 Å². The molecule has 1 amide bonds. The lowest BCUT2D eigenvalue weighted by molar-refractivity contribution is -0.141. The first-order valence-electron chi connectivity index (χ1n) is 15.2. The third kappa shape index (κ3) is 5.40. The lowest BCUT2D eigenvalue weighted by atomic mass is 9.65. The van der Waals surface area contributed by atoms with Crippen molar-refractivity contribution in [3.05, 3.63) is 101 Å². The fourth-order valence-corrected chi connectivity index (χ4v) is 6.80. The number of aryl methyl sites for hydroxylation is 1. The van der Waals surface area contributed by atoms with Gasteiger partial charge in [0.25, 0.3) is 0 Å². The van der Waals surface area contributed by atoms with Crippen molar-refractivity contribution in [1.82, 2.24) is 0 Å². The lowest BCUT2D eigenvalue weighted by Gasteiger charge is -2.40. The SMILES string of the molecule is COc1cc([C@@H]2c3cc4c(cc3[C@@H](Nc3ccc(NC(=O)CCc5ccccc5)cc3)[C@H]3COC(=O)[C@H]23)OCO4)cc(OC)c1O. The van der Waals surface area contributed by atoms with E-state index in [1.807, 2.05) is 66.7 Å². The zero-order valence-corrected chi connectivity index (χ0v) is 25.4. The molecule has 10 heteroatoms. The average Bonchev–Trinajstić information content (AvgIpc) is 3.70. The van der Waals surface area contributed by atoms with E-state index in [2.05, 4.69) is 10.6 Å². The van der Waals surface area contributed by atoms with Gasteiger partial charge in [-0.3, -0.25) is 9.59 Å². The molecule has 3 aliphatic rings. The smallest absolute Gasteiger partial charge is 0.310 e. The molecule has 2 aliphatic heterocycles. The fourth-order valence-electron chi connectivity index (χ4n) is 6.80. The number of benzene rings is 4. The number of phenols is 1. The molecule has 0 spiro atoms. The zero-order valence-electron chi connectivity index (χ0n) is 25.4. The number of anilines is 2. The molecule has 1 fully saturated rings. The van der Waals surface area contributed by atoms with Crippen molar-refractivity contribution >= 4 is 23.3 Å². The number of hydrogen-bond acceptors (Lipinski definition) is 9. The summed E-state index contributed by atoms with van der Waals surface area (Å²) in [4.78, 5) is 26.0. The summed E-state index contributed by atoms with van der Waals surface area (Å²) in [5.41, 5.74) is 5.19. The van der Waals surface area contributed by atoms with E-state index in [4.69, 9.17) is 23.7 Å². The quantitative estimate of drug-likeness (QED) is 0.199. The van der Waals surface area contributed by atoms with Crippen molar-refractivity contribution in [1.29, 1.82) is 0 Å². The maximum absolute atomic E-state index is 13.4.